The highest BCUT2D eigenvalue weighted by molar-refractivity contribution is 5.81. The molecule has 5 heteroatoms. The summed E-state index contributed by atoms with van der Waals surface area (Å²) in [4.78, 5) is 21.4. The summed E-state index contributed by atoms with van der Waals surface area (Å²) in [6, 6.07) is -0.734. The molecule has 5 nitrogen and oxygen atoms in total. The van der Waals surface area contributed by atoms with Crippen LogP contribution in [0.3, 0.4) is 0 Å². The van der Waals surface area contributed by atoms with Crippen molar-refractivity contribution in [3.63, 3.8) is 0 Å². The molecule has 0 bridgehead atoms. The lowest BCUT2D eigenvalue weighted by Gasteiger charge is -2.13. The van der Waals surface area contributed by atoms with Crippen molar-refractivity contribution >= 4 is 11.9 Å². The first kappa shape index (κ1) is 16.3. The summed E-state index contributed by atoms with van der Waals surface area (Å²) < 4.78 is 4.45. The molecule has 0 aromatic rings. The monoisotopic (exact) mass is 219 g/mol. The van der Waals surface area contributed by atoms with Gasteiger partial charge in [-0.2, -0.15) is 0 Å². The van der Waals surface area contributed by atoms with Crippen molar-refractivity contribution in [3.05, 3.63) is 0 Å². The van der Waals surface area contributed by atoms with Gasteiger partial charge in [0.2, 0.25) is 0 Å². The van der Waals surface area contributed by atoms with Gasteiger partial charge in [-0.1, -0.05) is 20.8 Å². The number of esters is 1. The zero-order chi connectivity index (χ0) is 12.3. The first-order valence-corrected chi connectivity index (χ1v) is 5.14. The molecule has 0 amide bonds. The second-order valence-electron chi connectivity index (χ2n) is 2.63. The SMILES string of the molecule is CC.CCCNC(CC(=O)O)C(=O)OC. The Morgan fingerprint density at radius 3 is 2.27 bits per heavy atom. The molecule has 2 N–H and O–H groups in total. The zero-order valence-electron chi connectivity index (χ0n) is 9.87. The molecule has 0 aromatic heterocycles. The fourth-order valence-corrected chi connectivity index (χ4v) is 0.874. The van der Waals surface area contributed by atoms with Crippen molar-refractivity contribution in [2.24, 2.45) is 0 Å². The normalized spacial score (nSPS) is 10.9. The number of carboxylic acids is 1. The molecule has 0 saturated carbocycles. The van der Waals surface area contributed by atoms with Gasteiger partial charge in [-0.15, -0.1) is 0 Å². The number of carboxylic acid groups (broad SMARTS) is 1. The van der Waals surface area contributed by atoms with Gasteiger partial charge in [0.25, 0.3) is 0 Å². The van der Waals surface area contributed by atoms with Crippen LogP contribution >= 0.6 is 0 Å². The van der Waals surface area contributed by atoms with Crippen LogP contribution in [0.1, 0.15) is 33.6 Å². The third-order valence-corrected chi connectivity index (χ3v) is 1.51. The number of aliphatic carboxylic acids is 1. The van der Waals surface area contributed by atoms with Gasteiger partial charge in [-0.25, -0.2) is 0 Å². The van der Waals surface area contributed by atoms with Gasteiger partial charge < -0.3 is 15.2 Å². The van der Waals surface area contributed by atoms with E-state index in [1.54, 1.807) is 0 Å². The predicted molar refractivity (Wildman–Crippen MR) is 57.7 cm³/mol. The Labute approximate surface area is 90.8 Å². The second kappa shape index (κ2) is 11.0. The highest BCUT2D eigenvalue weighted by Gasteiger charge is 2.20. The number of rotatable bonds is 6. The summed E-state index contributed by atoms with van der Waals surface area (Å²) in [6.07, 6.45) is 0.597. The van der Waals surface area contributed by atoms with Crippen molar-refractivity contribution in [3.8, 4) is 0 Å². The van der Waals surface area contributed by atoms with Crippen LogP contribution < -0.4 is 5.32 Å². The number of hydrogen-bond acceptors (Lipinski definition) is 4. The molecular weight excluding hydrogens is 198 g/mol. The first-order chi connectivity index (χ1) is 7.11. The molecule has 90 valence electrons. The van der Waals surface area contributed by atoms with Crippen molar-refractivity contribution in [1.29, 1.82) is 0 Å². The molecule has 15 heavy (non-hydrogen) atoms. The molecule has 0 spiro atoms. The van der Waals surface area contributed by atoms with Crippen LogP contribution in [0, 0.1) is 0 Å². The van der Waals surface area contributed by atoms with E-state index in [4.69, 9.17) is 5.11 Å². The Hall–Kier alpha value is -1.10. The molecule has 0 rings (SSSR count). The third kappa shape index (κ3) is 9.21. The van der Waals surface area contributed by atoms with E-state index in [0.29, 0.717) is 6.54 Å². The fourth-order valence-electron chi connectivity index (χ4n) is 0.874. The van der Waals surface area contributed by atoms with Crippen LogP contribution in [0.25, 0.3) is 0 Å². The topological polar surface area (TPSA) is 75.6 Å². The van der Waals surface area contributed by atoms with E-state index in [9.17, 15) is 9.59 Å². The molecule has 0 fully saturated rings. The smallest absolute Gasteiger partial charge is 0.323 e. The molecule has 0 aliphatic heterocycles. The standard InChI is InChI=1S/C8H15NO4.C2H6/c1-3-4-9-6(5-7(10)11)8(12)13-2;1-2/h6,9H,3-5H2,1-2H3,(H,10,11);1-2H3. The predicted octanol–water partition coefficient (Wildman–Crippen LogP) is 1.03. The van der Waals surface area contributed by atoms with Gasteiger partial charge >= 0.3 is 11.9 Å². The van der Waals surface area contributed by atoms with Crippen molar-refractivity contribution < 1.29 is 19.4 Å². The molecular formula is C10H21NO4. The summed E-state index contributed by atoms with van der Waals surface area (Å²) in [6.45, 7) is 6.54. The summed E-state index contributed by atoms with van der Waals surface area (Å²) in [7, 11) is 1.24. The van der Waals surface area contributed by atoms with Crippen LogP contribution in [0.4, 0.5) is 0 Å². The van der Waals surface area contributed by atoms with Crippen LogP contribution in [0.15, 0.2) is 0 Å². The van der Waals surface area contributed by atoms with Gasteiger partial charge in [-0.3, -0.25) is 9.59 Å². The minimum Gasteiger partial charge on any atom is -0.481 e. The lowest BCUT2D eigenvalue weighted by atomic mass is 10.2. The number of hydrogen-bond donors (Lipinski definition) is 2. The van der Waals surface area contributed by atoms with E-state index in [1.165, 1.54) is 7.11 Å². The first-order valence-electron chi connectivity index (χ1n) is 5.14. The summed E-state index contributed by atoms with van der Waals surface area (Å²) in [5, 5.41) is 11.3. The minimum atomic E-state index is -1.01. The molecule has 0 aliphatic rings. The number of methoxy groups -OCH3 is 1. The maximum Gasteiger partial charge on any atom is 0.323 e. The van der Waals surface area contributed by atoms with Gasteiger partial charge in [0.05, 0.1) is 13.5 Å². The number of carbonyl (C=O) groups is 2. The van der Waals surface area contributed by atoms with Crippen molar-refractivity contribution in [2.45, 2.75) is 39.7 Å². The van der Waals surface area contributed by atoms with Crippen molar-refractivity contribution in [2.75, 3.05) is 13.7 Å². The fraction of sp³-hybridized carbons (Fsp3) is 0.800. The largest absolute Gasteiger partial charge is 0.481 e. The van der Waals surface area contributed by atoms with E-state index in [1.807, 2.05) is 20.8 Å². The number of nitrogens with one attached hydrogen (secondary N) is 1. The Bertz CT molecular complexity index is 182. The lowest BCUT2D eigenvalue weighted by Crippen LogP contribution is -2.39. The van der Waals surface area contributed by atoms with Crippen LogP contribution in [0.2, 0.25) is 0 Å². The molecule has 0 aliphatic carbocycles. The van der Waals surface area contributed by atoms with Crippen LogP contribution in [-0.2, 0) is 14.3 Å². The second-order valence-corrected chi connectivity index (χ2v) is 2.63. The molecule has 0 radical (unpaired) electrons. The van der Waals surface area contributed by atoms with Crippen LogP contribution in [-0.4, -0.2) is 36.7 Å². The maximum absolute atomic E-state index is 11.0. The minimum absolute atomic E-state index is 0.243. The van der Waals surface area contributed by atoms with Gasteiger partial charge in [0.15, 0.2) is 0 Å². The molecule has 0 aromatic carbocycles. The van der Waals surface area contributed by atoms with E-state index >= 15 is 0 Å². The average molecular weight is 219 g/mol. The van der Waals surface area contributed by atoms with Crippen LogP contribution in [0.5, 0.6) is 0 Å². The third-order valence-electron chi connectivity index (χ3n) is 1.51. The van der Waals surface area contributed by atoms with E-state index in [2.05, 4.69) is 10.1 Å². The molecule has 0 heterocycles. The lowest BCUT2D eigenvalue weighted by molar-refractivity contribution is -0.148. The van der Waals surface area contributed by atoms with E-state index < -0.39 is 18.0 Å². The number of carbonyl (C=O) groups excluding carboxylic acids is 1. The Balaban J connectivity index is 0. The molecule has 0 saturated heterocycles. The highest BCUT2D eigenvalue weighted by atomic mass is 16.5. The van der Waals surface area contributed by atoms with Gasteiger partial charge in [0, 0.05) is 0 Å². The highest BCUT2D eigenvalue weighted by Crippen LogP contribution is 1.95. The zero-order valence-corrected chi connectivity index (χ0v) is 9.87. The Kier molecular flexibility index (Phi) is 12.0. The molecule has 1 unspecified atom stereocenters. The van der Waals surface area contributed by atoms with E-state index in [0.717, 1.165) is 6.42 Å². The van der Waals surface area contributed by atoms with Gasteiger partial charge in [0.1, 0.15) is 6.04 Å². The Morgan fingerprint density at radius 2 is 1.93 bits per heavy atom. The maximum atomic E-state index is 11.0. The summed E-state index contributed by atoms with van der Waals surface area (Å²) >= 11 is 0. The van der Waals surface area contributed by atoms with Crippen molar-refractivity contribution in [1.82, 2.24) is 5.32 Å². The van der Waals surface area contributed by atoms with E-state index in [-0.39, 0.29) is 6.42 Å². The molecule has 1 atom stereocenters. The average Bonchev–Trinajstić information content (AvgIpc) is 2.25. The van der Waals surface area contributed by atoms with Gasteiger partial charge in [-0.05, 0) is 13.0 Å². The quantitative estimate of drug-likeness (QED) is 0.652. The Morgan fingerprint density at radius 1 is 1.40 bits per heavy atom. The summed E-state index contributed by atoms with van der Waals surface area (Å²) in [5.41, 5.74) is 0. The summed E-state index contributed by atoms with van der Waals surface area (Å²) in [5.74, 6) is -1.55. The number of ether oxygens (including phenoxy) is 1.